The van der Waals surface area contributed by atoms with E-state index in [0.29, 0.717) is 39.0 Å². The molecule has 0 aliphatic carbocycles. The molecule has 0 bridgehead atoms. The van der Waals surface area contributed by atoms with Gasteiger partial charge < -0.3 is 9.47 Å². The van der Waals surface area contributed by atoms with Gasteiger partial charge in [-0.2, -0.15) is 8.42 Å². The second-order valence-corrected chi connectivity index (χ2v) is 12.4. The van der Waals surface area contributed by atoms with Crippen molar-refractivity contribution in [1.29, 1.82) is 0 Å². The first-order valence-electron chi connectivity index (χ1n) is 12.7. The standard InChI is InChI=1S/C30H26FNO6S2/c1-18-7-10-23(11-8-18)40(34,35)38-15-22-16-39-30-24(13-20-5-3-4-6-25(20)31)19(2)28(29(33)32(22)30)21-9-12-26-27(14-21)37-17-36-26/h3-12,14,22H,13,15-17H2,1-2H3. The van der Waals surface area contributed by atoms with E-state index in [-0.39, 0.29) is 36.1 Å². The van der Waals surface area contributed by atoms with Gasteiger partial charge in [0.15, 0.2) is 11.5 Å². The zero-order valence-electron chi connectivity index (χ0n) is 21.8. The number of hydrogen-bond acceptors (Lipinski definition) is 7. The summed E-state index contributed by atoms with van der Waals surface area (Å²) in [4.78, 5) is 14.2. The minimum Gasteiger partial charge on any atom is -0.454 e. The number of halogens is 1. The Kier molecular flexibility index (Phi) is 6.93. The fourth-order valence-electron chi connectivity index (χ4n) is 5.06. The van der Waals surface area contributed by atoms with Crippen LogP contribution in [0.3, 0.4) is 0 Å². The zero-order valence-corrected chi connectivity index (χ0v) is 23.5. The van der Waals surface area contributed by atoms with Crippen molar-refractivity contribution in [1.82, 2.24) is 4.57 Å². The highest BCUT2D eigenvalue weighted by molar-refractivity contribution is 7.99. The number of nitrogens with zero attached hydrogens (tertiary/aromatic N) is 1. The third-order valence-corrected chi connectivity index (χ3v) is 9.79. The number of aromatic nitrogens is 1. The van der Waals surface area contributed by atoms with Gasteiger partial charge in [0, 0.05) is 12.2 Å². The number of aryl methyl sites for hydroxylation is 1. The van der Waals surface area contributed by atoms with Crippen molar-refractivity contribution in [3.8, 4) is 22.6 Å². The molecule has 1 unspecified atom stereocenters. The molecule has 2 aliphatic rings. The fourth-order valence-corrected chi connectivity index (χ4v) is 7.37. The number of hydrogen-bond donors (Lipinski definition) is 0. The molecule has 6 rings (SSSR count). The average molecular weight is 580 g/mol. The lowest BCUT2D eigenvalue weighted by atomic mass is 9.94. The van der Waals surface area contributed by atoms with Crippen molar-refractivity contribution in [3.05, 3.63) is 105 Å². The van der Waals surface area contributed by atoms with Crippen molar-refractivity contribution >= 4 is 21.9 Å². The molecule has 1 aromatic heterocycles. The molecule has 3 aromatic carbocycles. The zero-order chi connectivity index (χ0) is 28.0. The van der Waals surface area contributed by atoms with Crippen LogP contribution in [-0.4, -0.2) is 32.1 Å². The maximum absolute atomic E-state index is 14.7. The number of thioether (sulfide) groups is 1. The number of ether oxygens (including phenoxy) is 2. The summed E-state index contributed by atoms with van der Waals surface area (Å²) in [5.41, 5.74) is 3.80. The Morgan fingerprint density at radius 3 is 2.55 bits per heavy atom. The van der Waals surface area contributed by atoms with E-state index in [2.05, 4.69) is 0 Å². The van der Waals surface area contributed by atoms with Crippen LogP contribution in [0.2, 0.25) is 0 Å². The molecular weight excluding hydrogens is 553 g/mol. The molecule has 0 amide bonds. The predicted molar refractivity (Wildman–Crippen MR) is 150 cm³/mol. The van der Waals surface area contributed by atoms with Crippen molar-refractivity contribution in [3.63, 3.8) is 0 Å². The number of fused-ring (bicyclic) bond motifs is 2. The van der Waals surface area contributed by atoms with Crippen LogP contribution in [0.1, 0.15) is 28.3 Å². The lowest BCUT2D eigenvalue weighted by Gasteiger charge is -2.20. The van der Waals surface area contributed by atoms with Crippen molar-refractivity contribution in [2.45, 2.75) is 36.2 Å². The summed E-state index contributed by atoms with van der Waals surface area (Å²) in [5, 5.41) is 0.691. The van der Waals surface area contributed by atoms with Gasteiger partial charge in [0.2, 0.25) is 6.79 Å². The lowest BCUT2D eigenvalue weighted by Crippen LogP contribution is -2.30. The number of benzene rings is 3. The van der Waals surface area contributed by atoms with E-state index in [0.717, 1.165) is 16.7 Å². The van der Waals surface area contributed by atoms with E-state index < -0.39 is 16.2 Å². The summed E-state index contributed by atoms with van der Waals surface area (Å²) in [7, 11) is -4.03. The molecule has 2 aliphatic heterocycles. The quantitative estimate of drug-likeness (QED) is 0.262. The summed E-state index contributed by atoms with van der Waals surface area (Å²) < 4.78 is 58.6. The van der Waals surface area contributed by atoms with Crippen LogP contribution in [0.15, 0.2) is 81.4 Å². The summed E-state index contributed by atoms with van der Waals surface area (Å²) in [6, 6.07) is 17.8. The largest absolute Gasteiger partial charge is 0.454 e. The summed E-state index contributed by atoms with van der Waals surface area (Å²) >= 11 is 1.45. The average Bonchev–Trinajstić information content (AvgIpc) is 3.58. The van der Waals surface area contributed by atoms with Crippen LogP contribution in [-0.2, 0) is 20.7 Å². The molecule has 0 N–H and O–H groups in total. The van der Waals surface area contributed by atoms with Gasteiger partial charge in [0.05, 0.1) is 28.1 Å². The van der Waals surface area contributed by atoms with Gasteiger partial charge in [-0.15, -0.1) is 11.8 Å². The van der Waals surface area contributed by atoms with Crippen LogP contribution >= 0.6 is 11.8 Å². The van der Waals surface area contributed by atoms with Crippen LogP contribution in [0.4, 0.5) is 4.39 Å². The first-order valence-corrected chi connectivity index (χ1v) is 15.1. The van der Waals surface area contributed by atoms with Gasteiger partial charge in [-0.05, 0) is 66.4 Å². The van der Waals surface area contributed by atoms with Crippen molar-refractivity contribution < 1.29 is 26.5 Å². The SMILES string of the molecule is Cc1ccc(S(=O)(=O)OCC2CSc3c(Cc4ccccc4F)c(C)c(-c4ccc5c(c4)OCO5)c(=O)n32)cc1. The molecule has 0 spiro atoms. The molecule has 0 saturated carbocycles. The van der Waals surface area contributed by atoms with Crippen molar-refractivity contribution in [2.24, 2.45) is 0 Å². The van der Waals surface area contributed by atoms with E-state index in [1.165, 1.54) is 30.0 Å². The Hall–Kier alpha value is -3.60. The predicted octanol–water partition coefficient (Wildman–Crippen LogP) is 5.64. The van der Waals surface area contributed by atoms with Crippen molar-refractivity contribution in [2.75, 3.05) is 19.2 Å². The molecular formula is C30H26FNO6S2. The van der Waals surface area contributed by atoms with Crippen LogP contribution in [0.25, 0.3) is 11.1 Å². The highest BCUT2D eigenvalue weighted by Gasteiger charge is 2.32. The van der Waals surface area contributed by atoms with Gasteiger partial charge in [-0.25, -0.2) is 4.39 Å². The molecule has 7 nitrogen and oxygen atoms in total. The van der Waals surface area contributed by atoms with Gasteiger partial charge >= 0.3 is 0 Å². The second kappa shape index (κ2) is 10.4. The summed E-state index contributed by atoms with van der Waals surface area (Å²) in [6.45, 7) is 3.63. The Labute approximate surface area is 235 Å². The Morgan fingerprint density at radius 1 is 1.02 bits per heavy atom. The van der Waals surface area contributed by atoms with Crippen LogP contribution in [0.5, 0.6) is 11.5 Å². The van der Waals surface area contributed by atoms with Gasteiger partial charge in [-0.3, -0.25) is 13.5 Å². The second-order valence-electron chi connectivity index (χ2n) is 9.81. The van der Waals surface area contributed by atoms with Crippen LogP contribution in [0, 0.1) is 19.7 Å². The fraction of sp³-hybridized carbons (Fsp3) is 0.233. The molecule has 1 atom stereocenters. The third-order valence-electron chi connectivity index (χ3n) is 7.23. The van der Waals surface area contributed by atoms with Gasteiger partial charge in [0.1, 0.15) is 5.82 Å². The first-order chi connectivity index (χ1) is 19.2. The molecule has 0 fully saturated rings. The third kappa shape index (κ3) is 4.80. The minimum atomic E-state index is -4.03. The van der Waals surface area contributed by atoms with Gasteiger partial charge in [-0.1, -0.05) is 42.0 Å². The molecule has 3 heterocycles. The smallest absolute Gasteiger partial charge is 0.297 e. The maximum Gasteiger partial charge on any atom is 0.297 e. The molecule has 0 radical (unpaired) electrons. The normalized spacial score (nSPS) is 15.8. The highest BCUT2D eigenvalue weighted by atomic mass is 32.2. The molecule has 4 aromatic rings. The van der Waals surface area contributed by atoms with E-state index in [9.17, 15) is 17.6 Å². The monoisotopic (exact) mass is 579 g/mol. The Bertz CT molecular complexity index is 1780. The van der Waals surface area contributed by atoms with Crippen LogP contribution < -0.4 is 15.0 Å². The first kappa shape index (κ1) is 26.6. The van der Waals surface area contributed by atoms with E-state index in [1.54, 1.807) is 53.1 Å². The molecule has 206 valence electrons. The summed E-state index contributed by atoms with van der Waals surface area (Å²) in [5.74, 6) is 1.24. The Morgan fingerprint density at radius 2 is 1.77 bits per heavy atom. The van der Waals surface area contributed by atoms with E-state index in [4.69, 9.17) is 13.7 Å². The topological polar surface area (TPSA) is 83.8 Å². The van der Waals surface area contributed by atoms with E-state index >= 15 is 0 Å². The molecule has 40 heavy (non-hydrogen) atoms. The minimum absolute atomic E-state index is 0.0570. The number of rotatable bonds is 7. The van der Waals surface area contributed by atoms with E-state index in [1.807, 2.05) is 13.8 Å². The maximum atomic E-state index is 14.7. The Balaban J connectivity index is 1.43. The molecule has 10 heteroatoms. The lowest BCUT2D eigenvalue weighted by molar-refractivity contribution is 0.174. The molecule has 0 saturated heterocycles. The summed E-state index contributed by atoms with van der Waals surface area (Å²) in [6.07, 6.45) is 0.272. The number of pyridine rings is 1. The van der Waals surface area contributed by atoms with Gasteiger partial charge in [0.25, 0.3) is 15.7 Å². The highest BCUT2D eigenvalue weighted by Crippen LogP contribution is 2.41.